The highest BCUT2D eigenvalue weighted by Crippen LogP contribution is 2.25. The van der Waals surface area contributed by atoms with Crippen LogP contribution in [0.5, 0.6) is 0 Å². The number of rotatable bonds is 4. The zero-order chi connectivity index (χ0) is 15.5. The van der Waals surface area contributed by atoms with Crippen molar-refractivity contribution in [3.05, 3.63) is 51.2 Å². The highest BCUT2D eigenvalue weighted by atomic mass is 35.5. The van der Waals surface area contributed by atoms with Crippen LogP contribution in [0.4, 0.5) is 0 Å². The maximum absolute atomic E-state index is 12.4. The lowest BCUT2D eigenvalue weighted by Gasteiger charge is -2.22. The summed E-state index contributed by atoms with van der Waals surface area (Å²) in [5, 5.41) is 5.15. The first kappa shape index (κ1) is 15.3. The molecule has 22 heavy (non-hydrogen) atoms. The van der Waals surface area contributed by atoms with Gasteiger partial charge in [-0.05, 0) is 30.4 Å². The molecule has 4 nitrogen and oxygen atoms in total. The van der Waals surface area contributed by atoms with Gasteiger partial charge in [0.15, 0.2) is 0 Å². The summed E-state index contributed by atoms with van der Waals surface area (Å²) in [6.45, 7) is 0.784. The van der Waals surface area contributed by atoms with Gasteiger partial charge in [-0.2, -0.15) is 5.10 Å². The zero-order valence-electron chi connectivity index (χ0n) is 13.0. The van der Waals surface area contributed by atoms with Crippen molar-refractivity contribution < 1.29 is 0 Å². The Kier molecular flexibility index (Phi) is 4.67. The van der Waals surface area contributed by atoms with Crippen LogP contribution in [0.25, 0.3) is 0 Å². The van der Waals surface area contributed by atoms with Gasteiger partial charge in [-0.1, -0.05) is 49.1 Å². The number of hydrogen-bond acceptors (Lipinski definition) is 2. The van der Waals surface area contributed by atoms with Gasteiger partial charge in [0, 0.05) is 25.0 Å². The van der Waals surface area contributed by atoms with E-state index in [2.05, 4.69) is 5.10 Å². The van der Waals surface area contributed by atoms with Crippen molar-refractivity contribution in [1.29, 1.82) is 0 Å². The van der Waals surface area contributed by atoms with Crippen LogP contribution in [-0.4, -0.2) is 14.3 Å². The minimum absolute atomic E-state index is 0.0207. The van der Waals surface area contributed by atoms with E-state index in [0.717, 1.165) is 23.0 Å². The molecule has 1 fully saturated rings. The third kappa shape index (κ3) is 3.27. The minimum atomic E-state index is -0.0207. The molecule has 0 bridgehead atoms. The molecule has 0 radical (unpaired) electrons. The Balaban J connectivity index is 1.86. The van der Waals surface area contributed by atoms with Crippen LogP contribution in [0.1, 0.15) is 43.5 Å². The van der Waals surface area contributed by atoms with Gasteiger partial charge in [0.25, 0.3) is 0 Å². The van der Waals surface area contributed by atoms with Gasteiger partial charge in [0.05, 0.1) is 0 Å². The molecule has 0 saturated heterocycles. The largest absolute Gasteiger partial charge is 0.345 e. The highest BCUT2D eigenvalue weighted by molar-refractivity contribution is 6.31. The normalized spacial score (nSPS) is 16.1. The molecular formula is C17H22ClN3O. The van der Waals surface area contributed by atoms with Crippen molar-refractivity contribution in [1.82, 2.24) is 14.3 Å². The van der Waals surface area contributed by atoms with Gasteiger partial charge in [0.2, 0.25) is 0 Å². The van der Waals surface area contributed by atoms with E-state index in [1.807, 2.05) is 28.8 Å². The predicted molar refractivity (Wildman–Crippen MR) is 88.3 cm³/mol. The third-order valence-corrected chi connectivity index (χ3v) is 4.93. The van der Waals surface area contributed by atoms with Gasteiger partial charge < -0.3 is 0 Å². The summed E-state index contributed by atoms with van der Waals surface area (Å²) in [5.41, 5.74) is 0.993. The smallest absolute Gasteiger partial charge is 0.278 e. The van der Waals surface area contributed by atoms with E-state index < -0.39 is 0 Å². The van der Waals surface area contributed by atoms with Gasteiger partial charge in [-0.15, -0.1) is 0 Å². The van der Waals surface area contributed by atoms with Gasteiger partial charge in [0.1, 0.15) is 5.82 Å². The maximum Gasteiger partial charge on any atom is 0.345 e. The van der Waals surface area contributed by atoms with Crippen LogP contribution in [0.3, 0.4) is 0 Å². The van der Waals surface area contributed by atoms with Crippen molar-refractivity contribution in [2.75, 3.05) is 0 Å². The number of halogens is 1. The summed E-state index contributed by atoms with van der Waals surface area (Å²) in [6.07, 6.45) is 6.91. The van der Waals surface area contributed by atoms with E-state index in [1.54, 1.807) is 7.05 Å². The number of nitrogens with zero attached hydrogens (tertiary/aromatic N) is 3. The van der Waals surface area contributed by atoms with Crippen LogP contribution < -0.4 is 5.69 Å². The molecule has 0 aliphatic heterocycles. The molecule has 1 aliphatic carbocycles. The van der Waals surface area contributed by atoms with E-state index in [-0.39, 0.29) is 5.69 Å². The Morgan fingerprint density at radius 2 is 1.95 bits per heavy atom. The van der Waals surface area contributed by atoms with Gasteiger partial charge >= 0.3 is 5.69 Å². The average molecular weight is 320 g/mol. The second kappa shape index (κ2) is 6.69. The Morgan fingerprint density at radius 3 is 2.68 bits per heavy atom. The molecular weight excluding hydrogens is 298 g/mol. The van der Waals surface area contributed by atoms with Crippen LogP contribution in [0.2, 0.25) is 5.02 Å². The number of aromatic nitrogens is 3. The van der Waals surface area contributed by atoms with Crippen LogP contribution >= 0.6 is 11.6 Å². The molecule has 0 amide bonds. The van der Waals surface area contributed by atoms with E-state index in [4.69, 9.17) is 11.6 Å². The molecule has 1 saturated carbocycles. The number of hydrogen-bond donors (Lipinski definition) is 0. The number of aryl methyl sites for hydroxylation is 1. The molecule has 0 atom stereocenters. The average Bonchev–Trinajstić information content (AvgIpc) is 2.78. The first-order valence-corrected chi connectivity index (χ1v) is 8.39. The fourth-order valence-corrected chi connectivity index (χ4v) is 3.51. The molecule has 2 aromatic rings. The summed E-state index contributed by atoms with van der Waals surface area (Å²) in [5.74, 6) is 1.41. The molecule has 1 aromatic carbocycles. The van der Waals surface area contributed by atoms with Crippen LogP contribution in [-0.2, 0) is 20.0 Å². The molecule has 1 heterocycles. The lowest BCUT2D eigenvalue weighted by atomic mass is 9.89. The molecule has 0 N–H and O–H groups in total. The van der Waals surface area contributed by atoms with E-state index in [1.165, 1.54) is 36.8 Å². The quantitative estimate of drug-likeness (QED) is 0.866. The van der Waals surface area contributed by atoms with Crippen molar-refractivity contribution in [2.24, 2.45) is 13.0 Å². The Bertz CT molecular complexity index is 698. The zero-order valence-corrected chi connectivity index (χ0v) is 13.7. The fraction of sp³-hybridized carbons (Fsp3) is 0.529. The highest BCUT2D eigenvalue weighted by Gasteiger charge is 2.19. The lowest BCUT2D eigenvalue weighted by Crippen LogP contribution is -2.27. The second-order valence-electron chi connectivity index (χ2n) is 6.21. The molecule has 0 spiro atoms. The Hall–Kier alpha value is -1.55. The third-order valence-electron chi connectivity index (χ3n) is 4.56. The number of benzene rings is 1. The van der Waals surface area contributed by atoms with Crippen LogP contribution in [0.15, 0.2) is 29.1 Å². The van der Waals surface area contributed by atoms with Crippen molar-refractivity contribution in [3.8, 4) is 0 Å². The first-order valence-electron chi connectivity index (χ1n) is 8.01. The molecule has 5 heteroatoms. The standard InChI is InChI=1S/C17H22ClN3O/c1-20-17(22)21(12-13-7-3-2-4-8-13)16(19-20)11-14-9-5-6-10-15(14)18/h5-6,9-10,13H,2-4,7-8,11-12H2,1H3. The topological polar surface area (TPSA) is 39.8 Å². The second-order valence-corrected chi connectivity index (χ2v) is 6.61. The lowest BCUT2D eigenvalue weighted by molar-refractivity contribution is 0.313. The van der Waals surface area contributed by atoms with Crippen LogP contribution in [0, 0.1) is 5.92 Å². The molecule has 1 aliphatic rings. The minimum Gasteiger partial charge on any atom is -0.278 e. The molecule has 0 unspecified atom stereocenters. The van der Waals surface area contributed by atoms with Crippen molar-refractivity contribution in [2.45, 2.75) is 45.1 Å². The predicted octanol–water partition coefficient (Wildman–Crippen LogP) is 3.41. The maximum atomic E-state index is 12.4. The molecule has 3 rings (SSSR count). The Morgan fingerprint density at radius 1 is 1.23 bits per heavy atom. The summed E-state index contributed by atoms with van der Waals surface area (Å²) in [4.78, 5) is 12.4. The van der Waals surface area contributed by atoms with Gasteiger partial charge in [-0.3, -0.25) is 4.57 Å². The summed E-state index contributed by atoms with van der Waals surface area (Å²) in [7, 11) is 1.72. The summed E-state index contributed by atoms with van der Waals surface area (Å²) >= 11 is 6.24. The van der Waals surface area contributed by atoms with Crippen molar-refractivity contribution in [3.63, 3.8) is 0 Å². The van der Waals surface area contributed by atoms with E-state index in [9.17, 15) is 4.79 Å². The first-order chi connectivity index (χ1) is 10.6. The van der Waals surface area contributed by atoms with Gasteiger partial charge in [-0.25, -0.2) is 9.48 Å². The molecule has 1 aromatic heterocycles. The van der Waals surface area contributed by atoms with E-state index in [0.29, 0.717) is 12.3 Å². The SMILES string of the molecule is Cn1nc(Cc2ccccc2Cl)n(CC2CCCCC2)c1=O. The monoisotopic (exact) mass is 319 g/mol. The summed E-state index contributed by atoms with van der Waals surface area (Å²) in [6, 6.07) is 7.75. The van der Waals surface area contributed by atoms with E-state index >= 15 is 0 Å². The summed E-state index contributed by atoms with van der Waals surface area (Å²) < 4.78 is 3.29. The fourth-order valence-electron chi connectivity index (χ4n) is 3.31. The van der Waals surface area contributed by atoms with Crippen molar-refractivity contribution >= 4 is 11.6 Å². The molecule has 118 valence electrons. The Labute approximate surface area is 135 Å².